The molecule has 0 N–H and O–H groups in total. The molecule has 19 aromatic rings. The van der Waals surface area contributed by atoms with Crippen molar-refractivity contribution in [3.8, 4) is 61.8 Å². The van der Waals surface area contributed by atoms with Crippen LogP contribution in [0.5, 0.6) is 0 Å². The minimum Gasteiger partial charge on any atom is -0.278 e. The molecule has 7 heterocycles. The molecule has 91 heavy (non-hydrogen) atoms. The van der Waals surface area contributed by atoms with Crippen LogP contribution in [0.25, 0.3) is 165 Å². The van der Waals surface area contributed by atoms with Gasteiger partial charge in [-0.3, -0.25) is 4.57 Å². The number of thiophene rings is 4. The Balaban J connectivity index is 0.000000112. The Bertz CT molecular complexity index is 6100. The van der Waals surface area contributed by atoms with Crippen molar-refractivity contribution in [2.45, 2.75) is 6.42 Å². The van der Waals surface area contributed by atoms with Crippen molar-refractivity contribution in [2.24, 2.45) is 0 Å². The Morgan fingerprint density at radius 1 is 0.286 bits per heavy atom. The van der Waals surface area contributed by atoms with E-state index in [1.807, 2.05) is 53.0 Å². The summed E-state index contributed by atoms with van der Waals surface area (Å²) in [4.78, 5) is 19.9. The minimum atomic E-state index is 0.279. The van der Waals surface area contributed by atoms with Gasteiger partial charge in [-0.15, -0.1) is 45.3 Å². The van der Waals surface area contributed by atoms with Crippen LogP contribution in [0.4, 0.5) is 0 Å². The van der Waals surface area contributed by atoms with E-state index in [1.165, 1.54) is 99.5 Å². The van der Waals surface area contributed by atoms with Gasteiger partial charge in [-0.2, -0.15) is 0 Å². The van der Waals surface area contributed by atoms with Crippen LogP contribution in [0.3, 0.4) is 0 Å². The number of para-hydroxylation sites is 1. The van der Waals surface area contributed by atoms with Gasteiger partial charge in [-0.1, -0.05) is 212 Å². The first-order valence-electron chi connectivity index (χ1n) is 30.2. The molecule has 0 amide bonds. The number of rotatable bonds is 5. The van der Waals surface area contributed by atoms with E-state index in [4.69, 9.17) is 21.6 Å². The predicted molar refractivity (Wildman–Crippen MR) is 391 cm³/mol. The van der Waals surface area contributed by atoms with Crippen LogP contribution in [0, 0.1) is 0 Å². The van der Waals surface area contributed by atoms with Gasteiger partial charge in [-0.25, -0.2) is 19.9 Å². The Hall–Kier alpha value is -10.2. The quantitative estimate of drug-likeness (QED) is 0.161. The summed E-state index contributed by atoms with van der Waals surface area (Å²) >= 11 is 13.5. The fourth-order valence-corrected chi connectivity index (χ4v) is 18.1. The van der Waals surface area contributed by atoms with Crippen molar-refractivity contribution in [1.29, 1.82) is 0 Å². The second kappa shape index (κ2) is 22.1. The van der Waals surface area contributed by atoms with Gasteiger partial charge >= 0.3 is 0 Å². The molecule has 0 fully saturated rings. The zero-order chi connectivity index (χ0) is 60.1. The van der Waals surface area contributed by atoms with Gasteiger partial charge in [0.05, 0.1) is 42.9 Å². The van der Waals surface area contributed by atoms with E-state index < -0.39 is 0 Å². The van der Waals surface area contributed by atoms with Gasteiger partial charge in [0.2, 0.25) is 11.2 Å². The highest BCUT2D eigenvalue weighted by atomic mass is 35.5. The number of halogens is 1. The van der Waals surface area contributed by atoms with Gasteiger partial charge in [0.1, 0.15) is 0 Å². The first-order chi connectivity index (χ1) is 45.0. The normalized spacial score (nSPS) is 12.0. The van der Waals surface area contributed by atoms with Crippen molar-refractivity contribution in [3.05, 3.63) is 295 Å². The Morgan fingerprint density at radius 2 is 0.758 bits per heavy atom. The number of benzene rings is 12. The summed E-state index contributed by atoms with van der Waals surface area (Å²) in [5, 5.41) is 10.4. The summed E-state index contributed by atoms with van der Waals surface area (Å²) in [6.07, 6.45) is 1.08. The van der Waals surface area contributed by atoms with Crippen LogP contribution < -0.4 is 0 Å². The maximum Gasteiger partial charge on any atom is 0.235 e. The van der Waals surface area contributed by atoms with E-state index in [0.717, 1.165) is 76.7 Å². The highest BCUT2D eigenvalue weighted by Crippen LogP contribution is 2.46. The zero-order valence-corrected chi connectivity index (χ0v) is 52.5. The van der Waals surface area contributed by atoms with Gasteiger partial charge in [0.25, 0.3) is 0 Å². The lowest BCUT2D eigenvalue weighted by Gasteiger charge is -2.11. The fraction of sp³-hybridized carbons (Fsp3) is 0.0123. The van der Waals surface area contributed by atoms with E-state index in [9.17, 15) is 0 Å². The van der Waals surface area contributed by atoms with Crippen molar-refractivity contribution >= 4 is 160 Å². The molecule has 12 aromatic carbocycles. The lowest BCUT2D eigenvalue weighted by atomic mass is 10.0. The van der Waals surface area contributed by atoms with E-state index in [-0.39, 0.29) is 5.28 Å². The van der Waals surface area contributed by atoms with Gasteiger partial charge < -0.3 is 0 Å². The third-order valence-electron chi connectivity index (χ3n) is 17.5. The predicted octanol–water partition coefficient (Wildman–Crippen LogP) is 24.1. The number of hydrogen-bond donors (Lipinski definition) is 0. The molecule has 428 valence electrons. The van der Waals surface area contributed by atoms with Gasteiger partial charge in [0.15, 0.2) is 0 Å². The molecular weight excluding hydrogens is 1210 g/mol. The van der Waals surface area contributed by atoms with Crippen molar-refractivity contribution in [1.82, 2.24) is 24.5 Å². The number of fused-ring (bicyclic) bond motifs is 18. The zero-order valence-electron chi connectivity index (χ0n) is 48.5. The molecule has 20 rings (SSSR count). The second-order valence-electron chi connectivity index (χ2n) is 22.9. The summed E-state index contributed by atoms with van der Waals surface area (Å²) in [5.74, 6) is 0.692. The molecular formula is C81H48ClN5S4. The van der Waals surface area contributed by atoms with Crippen molar-refractivity contribution in [3.63, 3.8) is 0 Å². The average molecular weight is 1260 g/mol. The van der Waals surface area contributed by atoms with E-state index in [2.05, 4.69) is 263 Å². The van der Waals surface area contributed by atoms with Crippen molar-refractivity contribution < 1.29 is 0 Å². The van der Waals surface area contributed by atoms with Crippen LogP contribution in [0.2, 0.25) is 5.28 Å². The largest absolute Gasteiger partial charge is 0.278 e. The van der Waals surface area contributed by atoms with Crippen LogP contribution >= 0.6 is 56.9 Å². The summed E-state index contributed by atoms with van der Waals surface area (Å²) < 4.78 is 12.2. The topological polar surface area (TPSA) is 56.5 Å². The fourth-order valence-electron chi connectivity index (χ4n) is 13.3. The first-order valence-corrected chi connectivity index (χ1v) is 33.9. The maximum absolute atomic E-state index is 6.27. The molecule has 0 saturated carbocycles. The molecule has 0 spiro atoms. The summed E-state index contributed by atoms with van der Waals surface area (Å²) in [7, 11) is 0. The molecule has 0 saturated heterocycles. The molecule has 1 aliphatic rings. The van der Waals surface area contributed by atoms with Crippen molar-refractivity contribution in [2.75, 3.05) is 0 Å². The van der Waals surface area contributed by atoms with Crippen LogP contribution in [-0.4, -0.2) is 24.5 Å². The maximum atomic E-state index is 6.27. The smallest absolute Gasteiger partial charge is 0.235 e. The molecule has 0 bridgehead atoms. The molecule has 0 aliphatic heterocycles. The Labute approximate surface area is 543 Å². The lowest BCUT2D eigenvalue weighted by molar-refractivity contribution is 1.02. The van der Waals surface area contributed by atoms with Gasteiger partial charge in [0, 0.05) is 82.4 Å². The molecule has 0 atom stereocenters. The number of nitrogens with zero attached hydrogens (tertiary/aromatic N) is 5. The summed E-state index contributed by atoms with van der Waals surface area (Å²) in [5.41, 5.74) is 18.6. The Morgan fingerprint density at radius 3 is 1.38 bits per heavy atom. The van der Waals surface area contributed by atoms with Gasteiger partial charge in [-0.05, 0) is 129 Å². The third-order valence-corrected chi connectivity index (χ3v) is 22.3. The first kappa shape index (κ1) is 53.8. The molecule has 5 nitrogen and oxygen atoms in total. The van der Waals surface area contributed by atoms with Crippen LogP contribution in [0.1, 0.15) is 11.1 Å². The highest BCUT2D eigenvalue weighted by molar-refractivity contribution is 7.27. The van der Waals surface area contributed by atoms with Crippen LogP contribution in [0.15, 0.2) is 279 Å². The minimum absolute atomic E-state index is 0.279. The summed E-state index contributed by atoms with van der Waals surface area (Å²) in [6.45, 7) is 0. The van der Waals surface area contributed by atoms with E-state index in [0.29, 0.717) is 5.95 Å². The van der Waals surface area contributed by atoms with Crippen LogP contribution in [-0.2, 0) is 6.42 Å². The van der Waals surface area contributed by atoms with E-state index in [1.54, 1.807) is 22.7 Å². The molecule has 10 heteroatoms. The van der Waals surface area contributed by atoms with E-state index >= 15 is 0 Å². The highest BCUT2D eigenvalue weighted by Gasteiger charge is 2.23. The Kier molecular flexibility index (Phi) is 13.0. The third kappa shape index (κ3) is 9.30. The average Bonchev–Trinajstić information content (AvgIpc) is 1.60. The summed E-state index contributed by atoms with van der Waals surface area (Å²) in [6, 6.07) is 99.3. The lowest BCUT2D eigenvalue weighted by Crippen LogP contribution is -2.02. The monoisotopic (exact) mass is 1250 g/mol. The molecule has 0 unspecified atom stereocenters. The standard InChI is InChI=1S/C40H23N3S2.C22H13ClN2S.C19H12S/c1-2-11-24(12-3-1)25-13-10-14-26(21-25)37-39-38(29-17-6-9-20-35(29)45-39)42-40(41-37)43-32-18-7-4-15-27(32)30-22-31-28-16-5-8-19-34(28)44-36(31)23-33(30)43;23-22-24-19(21-20(25-22)17-11-4-5-12-18(17)26-21)16-10-6-9-15(13-16)14-7-2-1-3-8-14;1-2-6-14-12(5-1)9-13-10-19-17(11-16(13)14)15-7-3-4-8-18(15)20-19/h1-23H;1-13H;1-8,10-11H,9H2. The number of hydrogen-bond acceptors (Lipinski definition) is 8. The second-order valence-corrected chi connectivity index (χ2v) is 27.5. The SMILES string of the molecule is Clc1nc(-c2cccc(-c3ccccc3)c2)c2sc3ccccc3c2n1.c1ccc(-c2cccc(-c3nc(-n4c5ccccc5c5cc6c(cc54)sc4ccccc46)nc4c3sc3ccccc34)c2)cc1.c1ccc2c(c1)Cc1cc3sc4ccccc4c3cc1-2. The molecule has 1 aliphatic carbocycles. The molecule has 0 radical (unpaired) electrons. The molecule has 7 aromatic heterocycles. The number of aromatic nitrogens is 5.